The maximum atomic E-state index is 4.52. The van der Waals surface area contributed by atoms with E-state index in [4.69, 9.17) is 0 Å². The van der Waals surface area contributed by atoms with Gasteiger partial charge >= 0.3 is 0 Å². The predicted octanol–water partition coefficient (Wildman–Crippen LogP) is 2.95. The first-order chi connectivity index (χ1) is 9.34. The summed E-state index contributed by atoms with van der Waals surface area (Å²) in [6, 6.07) is 8.48. The Kier molecular flexibility index (Phi) is 3.65. The minimum Gasteiger partial charge on any atom is -0.369 e. The Morgan fingerprint density at radius 2 is 2.32 bits per heavy atom. The molecule has 1 atom stereocenters. The van der Waals surface area contributed by atoms with E-state index in [0.717, 1.165) is 24.8 Å². The number of fused-ring (bicyclic) bond motifs is 1. The number of nitrogens with one attached hydrogen (secondary N) is 2. The van der Waals surface area contributed by atoms with E-state index in [1.54, 1.807) is 0 Å². The molecule has 3 heteroatoms. The standard InChI is InChI=1S/C16H21N3/c1-12-4-2-6-14-7-9-18-16(15(12)14)19-11-13-5-3-8-17-10-13/h2,4,6-7,9,13,17H,3,5,8,10-11H2,1H3,(H,18,19). The highest BCUT2D eigenvalue weighted by Gasteiger charge is 2.13. The van der Waals surface area contributed by atoms with Gasteiger partial charge < -0.3 is 10.6 Å². The average Bonchev–Trinajstić information content (AvgIpc) is 2.46. The second-order valence-corrected chi connectivity index (χ2v) is 5.43. The van der Waals surface area contributed by atoms with Crippen LogP contribution in [0.4, 0.5) is 5.82 Å². The molecule has 1 unspecified atom stereocenters. The summed E-state index contributed by atoms with van der Waals surface area (Å²) in [5.41, 5.74) is 1.29. The Balaban J connectivity index is 1.80. The van der Waals surface area contributed by atoms with Gasteiger partial charge in [-0.1, -0.05) is 18.2 Å². The van der Waals surface area contributed by atoms with Gasteiger partial charge in [0, 0.05) is 18.1 Å². The molecule has 2 heterocycles. The van der Waals surface area contributed by atoms with Gasteiger partial charge in [0.25, 0.3) is 0 Å². The van der Waals surface area contributed by atoms with Crippen LogP contribution in [0.25, 0.3) is 10.8 Å². The highest BCUT2D eigenvalue weighted by molar-refractivity contribution is 5.94. The van der Waals surface area contributed by atoms with E-state index in [1.807, 2.05) is 6.20 Å². The number of anilines is 1. The van der Waals surface area contributed by atoms with Gasteiger partial charge in [-0.25, -0.2) is 4.98 Å². The Bertz CT molecular complexity index is 554. The lowest BCUT2D eigenvalue weighted by molar-refractivity contribution is 0.393. The van der Waals surface area contributed by atoms with Crippen LogP contribution in [0.5, 0.6) is 0 Å². The van der Waals surface area contributed by atoms with Crippen molar-refractivity contribution in [3.05, 3.63) is 36.0 Å². The van der Waals surface area contributed by atoms with Crippen molar-refractivity contribution >= 4 is 16.6 Å². The van der Waals surface area contributed by atoms with E-state index in [1.165, 1.54) is 35.7 Å². The quantitative estimate of drug-likeness (QED) is 0.885. The van der Waals surface area contributed by atoms with Crippen molar-refractivity contribution in [3.8, 4) is 0 Å². The molecule has 1 aliphatic heterocycles. The molecule has 1 fully saturated rings. The summed E-state index contributed by atoms with van der Waals surface area (Å²) in [6.45, 7) is 5.45. The fourth-order valence-corrected chi connectivity index (χ4v) is 2.88. The van der Waals surface area contributed by atoms with Gasteiger partial charge in [-0.05, 0) is 55.8 Å². The molecular formula is C16H21N3. The molecule has 3 rings (SSSR count). The van der Waals surface area contributed by atoms with Crippen molar-refractivity contribution in [2.75, 3.05) is 25.0 Å². The fraction of sp³-hybridized carbons (Fsp3) is 0.438. The summed E-state index contributed by atoms with van der Waals surface area (Å²) >= 11 is 0. The molecule has 19 heavy (non-hydrogen) atoms. The van der Waals surface area contributed by atoms with E-state index >= 15 is 0 Å². The van der Waals surface area contributed by atoms with Gasteiger partial charge in [-0.15, -0.1) is 0 Å². The predicted molar refractivity (Wildman–Crippen MR) is 80.6 cm³/mol. The van der Waals surface area contributed by atoms with Crippen LogP contribution < -0.4 is 10.6 Å². The molecule has 0 amide bonds. The van der Waals surface area contributed by atoms with E-state index < -0.39 is 0 Å². The third-order valence-corrected chi connectivity index (χ3v) is 3.96. The number of pyridine rings is 1. The summed E-state index contributed by atoms with van der Waals surface area (Å²) in [7, 11) is 0. The molecule has 0 aliphatic carbocycles. The van der Waals surface area contributed by atoms with Crippen LogP contribution in [-0.2, 0) is 0 Å². The third kappa shape index (κ3) is 2.71. The first kappa shape index (κ1) is 12.4. The lowest BCUT2D eigenvalue weighted by atomic mass is 9.99. The lowest BCUT2D eigenvalue weighted by Crippen LogP contribution is -2.33. The van der Waals surface area contributed by atoms with Crippen molar-refractivity contribution in [3.63, 3.8) is 0 Å². The van der Waals surface area contributed by atoms with Crippen LogP contribution in [0.15, 0.2) is 30.5 Å². The fourth-order valence-electron chi connectivity index (χ4n) is 2.88. The van der Waals surface area contributed by atoms with Crippen LogP contribution in [0.1, 0.15) is 18.4 Å². The van der Waals surface area contributed by atoms with E-state index in [0.29, 0.717) is 0 Å². The second kappa shape index (κ2) is 5.57. The normalized spacial score (nSPS) is 19.5. The van der Waals surface area contributed by atoms with E-state index in [9.17, 15) is 0 Å². The second-order valence-electron chi connectivity index (χ2n) is 5.43. The zero-order chi connectivity index (χ0) is 13.1. The molecule has 100 valence electrons. The largest absolute Gasteiger partial charge is 0.369 e. The molecule has 1 aromatic carbocycles. The number of nitrogens with zero attached hydrogens (tertiary/aromatic N) is 1. The summed E-state index contributed by atoms with van der Waals surface area (Å²) in [5, 5.41) is 9.53. The number of benzene rings is 1. The first-order valence-electron chi connectivity index (χ1n) is 7.13. The summed E-state index contributed by atoms with van der Waals surface area (Å²) in [6.07, 6.45) is 4.49. The number of piperidine rings is 1. The molecule has 1 aromatic heterocycles. The molecule has 2 aromatic rings. The third-order valence-electron chi connectivity index (χ3n) is 3.96. The van der Waals surface area contributed by atoms with Gasteiger partial charge in [0.2, 0.25) is 0 Å². The number of hydrogen-bond acceptors (Lipinski definition) is 3. The van der Waals surface area contributed by atoms with Crippen LogP contribution in [0.2, 0.25) is 0 Å². The van der Waals surface area contributed by atoms with Gasteiger partial charge in [0.05, 0.1) is 0 Å². The van der Waals surface area contributed by atoms with E-state index in [2.05, 4.69) is 46.8 Å². The molecule has 0 saturated carbocycles. The number of aromatic nitrogens is 1. The molecule has 3 nitrogen and oxygen atoms in total. The van der Waals surface area contributed by atoms with E-state index in [-0.39, 0.29) is 0 Å². The van der Waals surface area contributed by atoms with Crippen molar-refractivity contribution in [2.45, 2.75) is 19.8 Å². The lowest BCUT2D eigenvalue weighted by Gasteiger charge is -2.23. The molecule has 1 aliphatic rings. The summed E-state index contributed by atoms with van der Waals surface area (Å²) in [4.78, 5) is 4.52. The highest BCUT2D eigenvalue weighted by atomic mass is 15.0. The molecule has 2 N–H and O–H groups in total. The minimum atomic E-state index is 0.717. The Hall–Kier alpha value is -1.61. The highest BCUT2D eigenvalue weighted by Crippen LogP contribution is 2.25. The summed E-state index contributed by atoms with van der Waals surface area (Å²) in [5.74, 6) is 1.75. The summed E-state index contributed by atoms with van der Waals surface area (Å²) < 4.78 is 0. The van der Waals surface area contributed by atoms with Crippen molar-refractivity contribution < 1.29 is 0 Å². The van der Waals surface area contributed by atoms with Gasteiger partial charge in [0.15, 0.2) is 0 Å². The van der Waals surface area contributed by atoms with Crippen molar-refractivity contribution in [1.29, 1.82) is 0 Å². The van der Waals surface area contributed by atoms with Crippen molar-refractivity contribution in [1.82, 2.24) is 10.3 Å². The molecule has 0 spiro atoms. The Morgan fingerprint density at radius 3 is 3.16 bits per heavy atom. The molecule has 1 saturated heterocycles. The SMILES string of the molecule is Cc1cccc2ccnc(NCC3CCCNC3)c12. The molecular weight excluding hydrogens is 234 g/mol. The van der Waals surface area contributed by atoms with Gasteiger partial charge in [-0.2, -0.15) is 0 Å². The van der Waals surface area contributed by atoms with Crippen LogP contribution in [0, 0.1) is 12.8 Å². The van der Waals surface area contributed by atoms with Crippen LogP contribution >= 0.6 is 0 Å². The zero-order valence-corrected chi connectivity index (χ0v) is 11.4. The van der Waals surface area contributed by atoms with Gasteiger partial charge in [0.1, 0.15) is 5.82 Å². The number of rotatable bonds is 3. The minimum absolute atomic E-state index is 0.717. The number of aryl methyl sites for hydroxylation is 1. The van der Waals surface area contributed by atoms with Crippen LogP contribution in [-0.4, -0.2) is 24.6 Å². The average molecular weight is 255 g/mol. The molecule has 0 bridgehead atoms. The smallest absolute Gasteiger partial charge is 0.134 e. The van der Waals surface area contributed by atoms with Gasteiger partial charge in [-0.3, -0.25) is 0 Å². The maximum absolute atomic E-state index is 4.52. The topological polar surface area (TPSA) is 37.0 Å². The Labute approximate surface area is 114 Å². The monoisotopic (exact) mass is 255 g/mol. The Morgan fingerprint density at radius 1 is 1.37 bits per heavy atom. The van der Waals surface area contributed by atoms with Crippen LogP contribution in [0.3, 0.4) is 0 Å². The number of hydrogen-bond donors (Lipinski definition) is 2. The zero-order valence-electron chi connectivity index (χ0n) is 11.4. The maximum Gasteiger partial charge on any atom is 0.134 e. The molecule has 0 radical (unpaired) electrons. The van der Waals surface area contributed by atoms with Crippen molar-refractivity contribution in [2.24, 2.45) is 5.92 Å². The first-order valence-corrected chi connectivity index (χ1v) is 7.13.